The summed E-state index contributed by atoms with van der Waals surface area (Å²) >= 11 is 0. The van der Waals surface area contributed by atoms with Gasteiger partial charge in [-0.05, 0) is 25.2 Å². The molecule has 0 aromatic carbocycles. The molecular formula is C13H22O3. The maximum absolute atomic E-state index is 9.72. The van der Waals surface area contributed by atoms with Crippen molar-refractivity contribution in [2.75, 3.05) is 19.8 Å². The van der Waals surface area contributed by atoms with Gasteiger partial charge in [-0.15, -0.1) is 0 Å². The minimum Gasteiger partial charge on any atom is -0.501 e. The van der Waals surface area contributed by atoms with E-state index in [0.29, 0.717) is 18.6 Å². The fourth-order valence-corrected chi connectivity index (χ4v) is 2.94. The molecule has 0 aromatic rings. The molecule has 2 fully saturated rings. The first-order valence-corrected chi connectivity index (χ1v) is 6.26. The predicted molar refractivity (Wildman–Crippen MR) is 62.0 cm³/mol. The van der Waals surface area contributed by atoms with Crippen molar-refractivity contribution in [3.63, 3.8) is 0 Å². The molecule has 16 heavy (non-hydrogen) atoms. The highest BCUT2D eigenvalue weighted by molar-refractivity contribution is 4.92. The molecule has 3 atom stereocenters. The van der Waals surface area contributed by atoms with E-state index in [0.717, 1.165) is 19.4 Å². The third kappa shape index (κ3) is 2.58. The Balaban J connectivity index is 1.99. The van der Waals surface area contributed by atoms with Crippen LogP contribution >= 0.6 is 0 Å². The van der Waals surface area contributed by atoms with Crippen LogP contribution in [0.3, 0.4) is 0 Å². The van der Waals surface area contributed by atoms with Crippen molar-refractivity contribution in [2.45, 2.75) is 38.2 Å². The van der Waals surface area contributed by atoms with Gasteiger partial charge in [-0.3, -0.25) is 0 Å². The molecule has 3 unspecified atom stereocenters. The Morgan fingerprint density at radius 1 is 1.50 bits per heavy atom. The standard InChI is InChI=1S/C13H22O3/c1-2-15-10-13(9-14)6-4-3-5-11(13)7-12-8-16-12/h2,11-12,14H,1,3-10H2. The Bertz CT molecular complexity index is 237. The molecule has 0 amide bonds. The van der Waals surface area contributed by atoms with Crippen LogP contribution in [-0.2, 0) is 9.47 Å². The van der Waals surface area contributed by atoms with Crippen LogP contribution in [0.5, 0.6) is 0 Å². The van der Waals surface area contributed by atoms with Gasteiger partial charge in [-0.25, -0.2) is 0 Å². The van der Waals surface area contributed by atoms with Crippen LogP contribution < -0.4 is 0 Å². The lowest BCUT2D eigenvalue weighted by Crippen LogP contribution is -2.41. The summed E-state index contributed by atoms with van der Waals surface area (Å²) in [5, 5.41) is 9.72. The van der Waals surface area contributed by atoms with Gasteiger partial charge in [-0.1, -0.05) is 19.4 Å². The van der Waals surface area contributed by atoms with Gasteiger partial charge >= 0.3 is 0 Å². The van der Waals surface area contributed by atoms with Crippen LogP contribution in [-0.4, -0.2) is 31.0 Å². The molecule has 0 bridgehead atoms. The zero-order valence-corrected chi connectivity index (χ0v) is 9.86. The molecule has 2 rings (SSSR count). The lowest BCUT2D eigenvalue weighted by molar-refractivity contribution is -0.0343. The summed E-state index contributed by atoms with van der Waals surface area (Å²) < 4.78 is 10.7. The predicted octanol–water partition coefficient (Wildman–Crippen LogP) is 2.10. The third-order valence-corrected chi connectivity index (χ3v) is 4.10. The average molecular weight is 226 g/mol. The summed E-state index contributed by atoms with van der Waals surface area (Å²) in [6.07, 6.45) is 7.74. The number of epoxide rings is 1. The van der Waals surface area contributed by atoms with E-state index in [1.807, 2.05) is 0 Å². The number of hydrogen-bond acceptors (Lipinski definition) is 3. The van der Waals surface area contributed by atoms with E-state index in [4.69, 9.17) is 9.47 Å². The van der Waals surface area contributed by atoms with E-state index in [1.165, 1.54) is 25.5 Å². The number of hydrogen-bond donors (Lipinski definition) is 1. The molecule has 1 N–H and O–H groups in total. The first-order chi connectivity index (χ1) is 7.80. The third-order valence-electron chi connectivity index (χ3n) is 4.10. The fraction of sp³-hybridized carbons (Fsp3) is 0.846. The molecule has 1 aliphatic carbocycles. The molecular weight excluding hydrogens is 204 g/mol. The molecule has 0 spiro atoms. The van der Waals surface area contributed by atoms with Crippen LogP contribution in [0.4, 0.5) is 0 Å². The Morgan fingerprint density at radius 3 is 2.94 bits per heavy atom. The minimum absolute atomic E-state index is 0.0572. The summed E-state index contributed by atoms with van der Waals surface area (Å²) in [6.45, 7) is 5.31. The van der Waals surface area contributed by atoms with Crippen LogP contribution in [0.2, 0.25) is 0 Å². The highest BCUT2D eigenvalue weighted by Gasteiger charge is 2.43. The maximum atomic E-state index is 9.72. The van der Waals surface area contributed by atoms with Gasteiger partial charge in [0.1, 0.15) is 0 Å². The van der Waals surface area contributed by atoms with Crippen LogP contribution in [0.1, 0.15) is 32.1 Å². The van der Waals surface area contributed by atoms with Crippen molar-refractivity contribution in [3.05, 3.63) is 12.8 Å². The molecule has 0 aromatic heterocycles. The number of ether oxygens (including phenoxy) is 2. The van der Waals surface area contributed by atoms with Gasteiger partial charge in [0.25, 0.3) is 0 Å². The smallest absolute Gasteiger partial charge is 0.0953 e. The number of aliphatic hydroxyl groups is 1. The largest absolute Gasteiger partial charge is 0.501 e. The summed E-state index contributed by atoms with van der Waals surface area (Å²) in [7, 11) is 0. The summed E-state index contributed by atoms with van der Waals surface area (Å²) in [5.41, 5.74) is -0.0572. The van der Waals surface area contributed by atoms with E-state index in [1.54, 1.807) is 0 Å². The molecule has 1 saturated heterocycles. The van der Waals surface area contributed by atoms with Crippen molar-refractivity contribution < 1.29 is 14.6 Å². The maximum Gasteiger partial charge on any atom is 0.0953 e. The number of rotatable bonds is 6. The van der Waals surface area contributed by atoms with E-state index in [-0.39, 0.29) is 12.0 Å². The van der Waals surface area contributed by atoms with Crippen molar-refractivity contribution in [1.82, 2.24) is 0 Å². The molecule has 92 valence electrons. The van der Waals surface area contributed by atoms with E-state index in [9.17, 15) is 5.11 Å². The molecule has 2 aliphatic rings. The normalized spacial score (nSPS) is 38.1. The van der Waals surface area contributed by atoms with Crippen molar-refractivity contribution in [3.8, 4) is 0 Å². The average Bonchev–Trinajstić information content (AvgIpc) is 3.12. The van der Waals surface area contributed by atoms with Gasteiger partial charge in [0, 0.05) is 5.41 Å². The zero-order valence-electron chi connectivity index (χ0n) is 9.86. The molecule has 3 heteroatoms. The first-order valence-electron chi connectivity index (χ1n) is 6.26. The van der Waals surface area contributed by atoms with Crippen molar-refractivity contribution in [2.24, 2.45) is 11.3 Å². The lowest BCUT2D eigenvalue weighted by Gasteiger charge is -2.42. The van der Waals surface area contributed by atoms with Gasteiger partial charge in [0.05, 0.1) is 32.2 Å². The zero-order chi connectivity index (χ0) is 11.4. The molecule has 3 nitrogen and oxygen atoms in total. The fourth-order valence-electron chi connectivity index (χ4n) is 2.94. The number of aliphatic hydroxyl groups excluding tert-OH is 1. The van der Waals surface area contributed by atoms with Gasteiger partial charge < -0.3 is 14.6 Å². The summed E-state index contributed by atoms with van der Waals surface area (Å²) in [4.78, 5) is 0. The van der Waals surface area contributed by atoms with Crippen LogP contribution in [0, 0.1) is 11.3 Å². The van der Waals surface area contributed by atoms with Gasteiger partial charge in [-0.2, -0.15) is 0 Å². The Morgan fingerprint density at radius 2 is 2.31 bits per heavy atom. The van der Waals surface area contributed by atoms with E-state index >= 15 is 0 Å². The molecule has 0 radical (unpaired) electrons. The van der Waals surface area contributed by atoms with Crippen LogP contribution in [0.25, 0.3) is 0 Å². The quantitative estimate of drug-likeness (QED) is 0.557. The highest BCUT2D eigenvalue weighted by Crippen LogP contribution is 2.45. The topological polar surface area (TPSA) is 42.0 Å². The Labute approximate surface area is 97.4 Å². The minimum atomic E-state index is -0.0572. The molecule has 1 aliphatic heterocycles. The Hall–Kier alpha value is -0.540. The lowest BCUT2D eigenvalue weighted by atomic mass is 9.65. The second kappa shape index (κ2) is 5.19. The Kier molecular flexibility index (Phi) is 3.87. The van der Waals surface area contributed by atoms with E-state index < -0.39 is 0 Å². The summed E-state index contributed by atoms with van der Waals surface area (Å²) in [6, 6.07) is 0. The monoisotopic (exact) mass is 226 g/mol. The van der Waals surface area contributed by atoms with Crippen LogP contribution in [0.15, 0.2) is 12.8 Å². The van der Waals surface area contributed by atoms with Crippen molar-refractivity contribution in [1.29, 1.82) is 0 Å². The van der Waals surface area contributed by atoms with Gasteiger partial charge in [0.15, 0.2) is 0 Å². The molecule has 1 heterocycles. The molecule has 1 saturated carbocycles. The SMILES string of the molecule is C=COCC1(CO)CCCCC1CC1CO1. The van der Waals surface area contributed by atoms with Gasteiger partial charge in [0.2, 0.25) is 0 Å². The summed E-state index contributed by atoms with van der Waals surface area (Å²) in [5.74, 6) is 0.540. The van der Waals surface area contributed by atoms with E-state index in [2.05, 4.69) is 6.58 Å². The highest BCUT2D eigenvalue weighted by atomic mass is 16.6. The first kappa shape index (κ1) is 11.9. The second-order valence-electron chi connectivity index (χ2n) is 5.13. The second-order valence-corrected chi connectivity index (χ2v) is 5.13. The van der Waals surface area contributed by atoms with Crippen molar-refractivity contribution >= 4 is 0 Å².